The Labute approximate surface area is 132 Å². The summed E-state index contributed by atoms with van der Waals surface area (Å²) in [6.07, 6.45) is 9.74. The Bertz CT molecular complexity index is 294. The Hall–Kier alpha value is -0.120. The Kier molecular flexibility index (Phi) is 6.97. The van der Waals surface area contributed by atoms with E-state index in [2.05, 4.69) is 43.1 Å². The van der Waals surface area contributed by atoms with E-state index in [-0.39, 0.29) is 0 Å². The molecule has 3 heteroatoms. The van der Waals surface area contributed by atoms with E-state index in [0.29, 0.717) is 6.04 Å². The zero-order valence-corrected chi connectivity index (χ0v) is 14.8. The summed E-state index contributed by atoms with van der Waals surface area (Å²) in [6, 6.07) is 2.23. The van der Waals surface area contributed by atoms with Crippen molar-refractivity contribution in [3.8, 4) is 0 Å². The van der Waals surface area contributed by atoms with Crippen molar-refractivity contribution in [1.29, 1.82) is 0 Å². The number of hydrogen-bond donors (Lipinski definition) is 1. The molecule has 2 aliphatic rings. The Morgan fingerprint density at radius 2 is 2.00 bits per heavy atom. The fraction of sp³-hybridized carbons (Fsp3) is 1.00. The van der Waals surface area contributed by atoms with Crippen LogP contribution in [-0.4, -0.2) is 61.7 Å². The van der Waals surface area contributed by atoms with Crippen LogP contribution in [0.3, 0.4) is 0 Å². The molecule has 0 aromatic carbocycles. The third kappa shape index (κ3) is 4.67. The molecule has 0 amide bonds. The maximum Gasteiger partial charge on any atom is 0.0249 e. The predicted molar refractivity (Wildman–Crippen MR) is 91.8 cm³/mol. The van der Waals surface area contributed by atoms with Crippen molar-refractivity contribution in [2.24, 2.45) is 5.92 Å². The van der Waals surface area contributed by atoms with Crippen LogP contribution >= 0.6 is 0 Å². The van der Waals surface area contributed by atoms with Crippen LogP contribution in [0, 0.1) is 5.92 Å². The van der Waals surface area contributed by atoms with Gasteiger partial charge < -0.3 is 15.1 Å². The summed E-state index contributed by atoms with van der Waals surface area (Å²) in [6.45, 7) is 8.24. The molecule has 0 aromatic rings. The van der Waals surface area contributed by atoms with E-state index < -0.39 is 0 Å². The molecule has 1 aliphatic carbocycles. The number of nitrogens with zero attached hydrogens (tertiary/aromatic N) is 2. The van der Waals surface area contributed by atoms with Crippen LogP contribution in [-0.2, 0) is 0 Å². The quantitative estimate of drug-likeness (QED) is 0.779. The fourth-order valence-electron chi connectivity index (χ4n) is 4.57. The zero-order valence-electron chi connectivity index (χ0n) is 14.8. The second kappa shape index (κ2) is 8.50. The van der Waals surface area contributed by atoms with E-state index in [1.807, 2.05) is 0 Å². The van der Waals surface area contributed by atoms with Crippen molar-refractivity contribution >= 4 is 0 Å². The van der Waals surface area contributed by atoms with Crippen molar-refractivity contribution < 1.29 is 0 Å². The minimum atomic E-state index is 0.708. The first-order valence-electron chi connectivity index (χ1n) is 9.29. The van der Waals surface area contributed by atoms with Gasteiger partial charge in [-0.15, -0.1) is 0 Å². The highest BCUT2D eigenvalue weighted by atomic mass is 15.2. The summed E-state index contributed by atoms with van der Waals surface area (Å²) in [7, 11) is 4.67. The minimum absolute atomic E-state index is 0.708. The summed E-state index contributed by atoms with van der Waals surface area (Å²) in [5.41, 5.74) is 0. The second-order valence-corrected chi connectivity index (χ2v) is 7.42. The van der Waals surface area contributed by atoms with Gasteiger partial charge in [0.25, 0.3) is 0 Å². The van der Waals surface area contributed by atoms with Crippen molar-refractivity contribution in [1.82, 2.24) is 15.1 Å². The lowest BCUT2D eigenvalue weighted by Crippen LogP contribution is -2.54. The summed E-state index contributed by atoms with van der Waals surface area (Å²) in [5.74, 6) is 0.957. The van der Waals surface area contributed by atoms with Gasteiger partial charge in [0.05, 0.1) is 0 Å². The molecule has 3 nitrogen and oxygen atoms in total. The lowest BCUT2D eigenvalue weighted by atomic mass is 9.79. The van der Waals surface area contributed by atoms with Crippen molar-refractivity contribution in [3.05, 3.63) is 0 Å². The van der Waals surface area contributed by atoms with Gasteiger partial charge in [0, 0.05) is 24.7 Å². The molecule has 0 radical (unpaired) electrons. The van der Waals surface area contributed by atoms with E-state index in [9.17, 15) is 0 Å². The second-order valence-electron chi connectivity index (χ2n) is 7.42. The van der Waals surface area contributed by atoms with Crippen LogP contribution < -0.4 is 5.32 Å². The van der Waals surface area contributed by atoms with Crippen LogP contribution in [0.5, 0.6) is 0 Å². The Morgan fingerprint density at radius 3 is 2.62 bits per heavy atom. The molecule has 2 fully saturated rings. The van der Waals surface area contributed by atoms with Gasteiger partial charge in [-0.25, -0.2) is 0 Å². The van der Waals surface area contributed by atoms with Crippen LogP contribution in [0.1, 0.15) is 58.8 Å². The Balaban J connectivity index is 1.93. The molecule has 0 aromatic heterocycles. The highest BCUT2D eigenvalue weighted by Crippen LogP contribution is 2.31. The van der Waals surface area contributed by atoms with Gasteiger partial charge in [0.1, 0.15) is 0 Å². The predicted octanol–water partition coefficient (Wildman–Crippen LogP) is 2.96. The lowest BCUT2D eigenvalue weighted by Gasteiger charge is -2.43. The molecule has 2 rings (SSSR count). The van der Waals surface area contributed by atoms with E-state index in [1.54, 1.807) is 0 Å². The van der Waals surface area contributed by atoms with Crippen molar-refractivity contribution in [2.75, 3.05) is 33.7 Å². The first-order valence-corrected chi connectivity index (χ1v) is 9.29. The highest BCUT2D eigenvalue weighted by molar-refractivity contribution is 4.92. The average molecular weight is 296 g/mol. The molecule has 4 atom stereocenters. The standard InChI is InChI=1S/C18H37N3/c1-5-8-15-10-11-17(19-6-2)18(13-15)21(4)14-16-9-7-12-20(16)3/h15-19H,5-14H2,1-4H3. The first kappa shape index (κ1) is 17.2. The van der Waals surface area contributed by atoms with Crippen LogP contribution in [0.15, 0.2) is 0 Å². The van der Waals surface area contributed by atoms with Gasteiger partial charge in [-0.05, 0) is 65.2 Å². The van der Waals surface area contributed by atoms with Crippen LogP contribution in [0.25, 0.3) is 0 Å². The molecule has 1 aliphatic heterocycles. The van der Waals surface area contributed by atoms with E-state index >= 15 is 0 Å². The molecule has 0 bridgehead atoms. The van der Waals surface area contributed by atoms with Gasteiger partial charge in [-0.1, -0.05) is 26.7 Å². The molecule has 1 heterocycles. The number of likely N-dealkylation sites (tertiary alicyclic amines) is 1. The number of likely N-dealkylation sites (N-methyl/N-ethyl adjacent to an activating group) is 3. The number of hydrogen-bond acceptors (Lipinski definition) is 3. The SMILES string of the molecule is CCCC1CCC(NCC)C(N(C)CC2CCCN2C)C1. The third-order valence-corrected chi connectivity index (χ3v) is 5.82. The smallest absolute Gasteiger partial charge is 0.0249 e. The normalized spacial score (nSPS) is 34.7. The number of nitrogens with one attached hydrogen (secondary N) is 1. The molecule has 1 N–H and O–H groups in total. The van der Waals surface area contributed by atoms with Crippen LogP contribution in [0.4, 0.5) is 0 Å². The molecule has 4 unspecified atom stereocenters. The average Bonchev–Trinajstić information content (AvgIpc) is 2.86. The van der Waals surface area contributed by atoms with E-state index in [1.165, 1.54) is 58.0 Å². The molecular weight excluding hydrogens is 258 g/mol. The molecule has 1 saturated heterocycles. The van der Waals surface area contributed by atoms with Crippen LogP contribution in [0.2, 0.25) is 0 Å². The van der Waals surface area contributed by atoms with Gasteiger partial charge in [-0.3, -0.25) is 0 Å². The monoisotopic (exact) mass is 295 g/mol. The third-order valence-electron chi connectivity index (χ3n) is 5.82. The molecule has 124 valence electrons. The molecular formula is C18H37N3. The zero-order chi connectivity index (χ0) is 15.2. The fourth-order valence-corrected chi connectivity index (χ4v) is 4.57. The first-order chi connectivity index (χ1) is 10.2. The number of rotatable bonds is 7. The Morgan fingerprint density at radius 1 is 1.19 bits per heavy atom. The molecule has 0 spiro atoms. The molecule has 1 saturated carbocycles. The van der Waals surface area contributed by atoms with E-state index in [4.69, 9.17) is 0 Å². The summed E-state index contributed by atoms with van der Waals surface area (Å²) >= 11 is 0. The van der Waals surface area contributed by atoms with Gasteiger partial charge in [0.2, 0.25) is 0 Å². The van der Waals surface area contributed by atoms with Gasteiger partial charge in [-0.2, -0.15) is 0 Å². The lowest BCUT2D eigenvalue weighted by molar-refractivity contribution is 0.0956. The summed E-state index contributed by atoms with van der Waals surface area (Å²) in [5, 5.41) is 3.76. The summed E-state index contributed by atoms with van der Waals surface area (Å²) in [4.78, 5) is 5.24. The van der Waals surface area contributed by atoms with Crippen molar-refractivity contribution in [3.63, 3.8) is 0 Å². The largest absolute Gasteiger partial charge is 0.313 e. The maximum absolute atomic E-state index is 3.76. The summed E-state index contributed by atoms with van der Waals surface area (Å²) < 4.78 is 0. The topological polar surface area (TPSA) is 18.5 Å². The van der Waals surface area contributed by atoms with E-state index in [0.717, 1.165) is 24.5 Å². The maximum atomic E-state index is 3.76. The highest BCUT2D eigenvalue weighted by Gasteiger charge is 2.34. The van der Waals surface area contributed by atoms with Gasteiger partial charge >= 0.3 is 0 Å². The van der Waals surface area contributed by atoms with Gasteiger partial charge in [0.15, 0.2) is 0 Å². The minimum Gasteiger partial charge on any atom is -0.313 e. The van der Waals surface area contributed by atoms with Crippen molar-refractivity contribution in [2.45, 2.75) is 76.9 Å². The molecule has 21 heavy (non-hydrogen) atoms.